The third-order valence-electron chi connectivity index (χ3n) is 4.72. The molecular weight excluding hydrogens is 350 g/mol. The average Bonchev–Trinajstić information content (AvgIpc) is 2.41. The van der Waals surface area contributed by atoms with E-state index in [-0.39, 0.29) is 0 Å². The van der Waals surface area contributed by atoms with Crippen molar-refractivity contribution in [2.75, 3.05) is 24.6 Å². The SMILES string of the molecule is CCCCCCP(I)(CC)(CC)CCCCCC. The van der Waals surface area contributed by atoms with Crippen LogP contribution >= 0.6 is 26.3 Å². The molecule has 0 N–H and O–H groups in total. The Bertz CT molecular complexity index is 183. The molecule has 0 radical (unpaired) electrons. The molecule has 0 saturated heterocycles. The Hall–Kier alpha value is 1.16. The van der Waals surface area contributed by atoms with Crippen LogP contribution in [0.1, 0.15) is 79.1 Å². The molecular formula is C16H36IP. The van der Waals surface area contributed by atoms with Crippen molar-refractivity contribution in [2.45, 2.75) is 79.1 Å². The minimum absolute atomic E-state index is 1.35. The van der Waals surface area contributed by atoms with E-state index in [0.717, 1.165) is 0 Å². The molecule has 0 bridgehead atoms. The third-order valence-corrected chi connectivity index (χ3v) is 17.7. The van der Waals surface area contributed by atoms with Gasteiger partial charge in [-0.05, 0) is 0 Å². The Morgan fingerprint density at radius 2 is 1.00 bits per heavy atom. The van der Waals surface area contributed by atoms with E-state index in [1.165, 1.54) is 63.7 Å². The quantitative estimate of drug-likeness (QED) is 0.191. The van der Waals surface area contributed by atoms with E-state index in [1.807, 2.05) is 0 Å². The van der Waals surface area contributed by atoms with E-state index in [2.05, 4.69) is 49.7 Å². The first kappa shape index (κ1) is 19.2. The molecule has 0 amide bonds. The maximum absolute atomic E-state index is 2.97. The van der Waals surface area contributed by atoms with Gasteiger partial charge in [-0.2, -0.15) is 0 Å². The van der Waals surface area contributed by atoms with E-state index in [1.54, 1.807) is 12.3 Å². The van der Waals surface area contributed by atoms with Crippen LogP contribution in [0, 0.1) is 0 Å². The number of hydrogen-bond acceptors (Lipinski definition) is 0. The summed E-state index contributed by atoms with van der Waals surface area (Å²) in [6.45, 7) is 9.56. The molecule has 0 nitrogen and oxygen atoms in total. The summed E-state index contributed by atoms with van der Waals surface area (Å²) in [6, 6.07) is 0. The number of rotatable bonds is 12. The van der Waals surface area contributed by atoms with E-state index < -0.39 is 4.25 Å². The van der Waals surface area contributed by atoms with Gasteiger partial charge in [0.2, 0.25) is 0 Å². The molecule has 0 spiro atoms. The Morgan fingerprint density at radius 1 is 0.611 bits per heavy atom. The molecule has 0 rings (SSSR count). The predicted molar refractivity (Wildman–Crippen MR) is 100 cm³/mol. The number of halogens is 1. The molecule has 0 saturated carbocycles. The second-order valence-electron chi connectivity index (χ2n) is 6.02. The maximum atomic E-state index is 2.97. The number of unbranched alkanes of at least 4 members (excludes halogenated alkanes) is 6. The molecule has 2 heteroatoms. The summed E-state index contributed by atoms with van der Waals surface area (Å²) in [5.74, 6) is 0. The zero-order valence-electron chi connectivity index (χ0n) is 13.3. The van der Waals surface area contributed by atoms with Crippen LogP contribution in [0.4, 0.5) is 0 Å². The van der Waals surface area contributed by atoms with Gasteiger partial charge >= 0.3 is 130 Å². The summed E-state index contributed by atoms with van der Waals surface area (Å²) in [5.41, 5.74) is 0. The zero-order chi connectivity index (χ0) is 13.9. The van der Waals surface area contributed by atoms with Crippen LogP contribution in [0.2, 0.25) is 0 Å². The molecule has 0 heterocycles. The first-order valence-corrected chi connectivity index (χ1v) is 14.0. The molecule has 18 heavy (non-hydrogen) atoms. The van der Waals surface area contributed by atoms with Gasteiger partial charge in [0.15, 0.2) is 0 Å². The standard InChI is InChI=1S/C16H36IP/c1-5-9-11-13-15-18(17,7-3,8-4)16-14-12-10-6-2/h5-16H2,1-4H3. The van der Waals surface area contributed by atoms with Gasteiger partial charge in [0.25, 0.3) is 0 Å². The van der Waals surface area contributed by atoms with Gasteiger partial charge in [-0.3, -0.25) is 0 Å². The molecule has 0 aliphatic heterocycles. The van der Waals surface area contributed by atoms with Crippen molar-refractivity contribution in [1.29, 1.82) is 0 Å². The Labute approximate surface area is 129 Å². The Kier molecular flexibility index (Phi) is 10.6. The molecule has 0 aliphatic carbocycles. The average molecular weight is 386 g/mol. The van der Waals surface area contributed by atoms with Gasteiger partial charge in [-0.1, -0.05) is 0 Å². The van der Waals surface area contributed by atoms with Crippen LogP contribution in [0.5, 0.6) is 0 Å². The molecule has 0 aromatic carbocycles. The molecule has 112 valence electrons. The van der Waals surface area contributed by atoms with E-state index >= 15 is 0 Å². The molecule has 0 aromatic rings. The fraction of sp³-hybridized carbons (Fsp3) is 1.00. The van der Waals surface area contributed by atoms with Crippen LogP contribution in [0.25, 0.3) is 0 Å². The first-order chi connectivity index (χ1) is 8.54. The van der Waals surface area contributed by atoms with Crippen molar-refractivity contribution < 1.29 is 0 Å². The summed E-state index contributed by atoms with van der Waals surface area (Å²) >= 11 is 2.97. The van der Waals surface area contributed by atoms with Crippen molar-refractivity contribution in [3.8, 4) is 0 Å². The molecule has 0 atom stereocenters. The van der Waals surface area contributed by atoms with Crippen molar-refractivity contribution in [3.05, 3.63) is 0 Å². The number of hydrogen-bond donors (Lipinski definition) is 0. The summed E-state index contributed by atoms with van der Waals surface area (Å²) in [5, 5.41) is 0. The zero-order valence-corrected chi connectivity index (χ0v) is 16.4. The van der Waals surface area contributed by atoms with Crippen LogP contribution in [0.3, 0.4) is 0 Å². The predicted octanol–water partition coefficient (Wildman–Crippen LogP) is 7.09. The van der Waals surface area contributed by atoms with Crippen LogP contribution in [0.15, 0.2) is 0 Å². The van der Waals surface area contributed by atoms with E-state index in [0.29, 0.717) is 0 Å². The van der Waals surface area contributed by atoms with Gasteiger partial charge < -0.3 is 0 Å². The van der Waals surface area contributed by atoms with E-state index in [9.17, 15) is 0 Å². The van der Waals surface area contributed by atoms with Crippen molar-refractivity contribution in [2.24, 2.45) is 0 Å². The normalized spacial score (nSPS) is 14.4. The second-order valence-corrected chi connectivity index (χ2v) is 20.0. The molecule has 0 unspecified atom stereocenters. The Balaban J connectivity index is 4.25. The summed E-state index contributed by atoms with van der Waals surface area (Å²) in [6.07, 6.45) is 17.6. The molecule has 0 fully saturated rings. The fourth-order valence-corrected chi connectivity index (χ4v) is 8.85. The van der Waals surface area contributed by atoms with Crippen molar-refractivity contribution in [3.63, 3.8) is 0 Å². The van der Waals surface area contributed by atoms with Gasteiger partial charge in [-0.25, -0.2) is 0 Å². The van der Waals surface area contributed by atoms with Crippen LogP contribution in [-0.2, 0) is 0 Å². The third kappa shape index (κ3) is 7.08. The second kappa shape index (κ2) is 9.97. The topological polar surface area (TPSA) is 0 Å². The van der Waals surface area contributed by atoms with Crippen LogP contribution in [-0.4, -0.2) is 24.6 Å². The van der Waals surface area contributed by atoms with Gasteiger partial charge in [0, 0.05) is 0 Å². The summed E-state index contributed by atoms with van der Waals surface area (Å²) in [7, 11) is 0. The fourth-order valence-electron chi connectivity index (χ4n) is 2.84. The monoisotopic (exact) mass is 386 g/mol. The summed E-state index contributed by atoms with van der Waals surface area (Å²) in [4.78, 5) is 0. The molecule has 0 aliphatic rings. The van der Waals surface area contributed by atoms with Gasteiger partial charge in [0.1, 0.15) is 0 Å². The van der Waals surface area contributed by atoms with Crippen LogP contribution < -0.4 is 0 Å². The minimum atomic E-state index is -1.35. The molecule has 0 aromatic heterocycles. The van der Waals surface area contributed by atoms with Gasteiger partial charge in [0.05, 0.1) is 0 Å². The first-order valence-electron chi connectivity index (χ1n) is 8.26. The van der Waals surface area contributed by atoms with Gasteiger partial charge in [-0.15, -0.1) is 0 Å². The van der Waals surface area contributed by atoms with E-state index in [4.69, 9.17) is 0 Å². The summed E-state index contributed by atoms with van der Waals surface area (Å²) < 4.78 is -1.35. The Morgan fingerprint density at radius 3 is 1.28 bits per heavy atom. The van der Waals surface area contributed by atoms with Crippen molar-refractivity contribution in [1.82, 2.24) is 0 Å². The van der Waals surface area contributed by atoms with Crippen molar-refractivity contribution >= 4 is 26.3 Å².